The zero-order chi connectivity index (χ0) is 14.1. The van der Waals surface area contributed by atoms with Gasteiger partial charge < -0.3 is 10.2 Å². The third-order valence-corrected chi connectivity index (χ3v) is 3.44. The molecule has 0 aliphatic carbocycles. The number of nitrogens with zero attached hydrogens (tertiary/aromatic N) is 4. The topological polar surface area (TPSA) is 90.9 Å². The third-order valence-electron chi connectivity index (χ3n) is 3.44. The highest BCUT2D eigenvalue weighted by Gasteiger charge is 2.20. The van der Waals surface area contributed by atoms with Crippen molar-refractivity contribution in [1.29, 1.82) is 0 Å². The lowest BCUT2D eigenvalue weighted by atomic mass is 10.1. The number of anilines is 1. The van der Waals surface area contributed by atoms with Gasteiger partial charge in [-0.05, 0) is 6.42 Å². The Labute approximate surface area is 117 Å². The molecule has 0 atom stereocenters. The van der Waals surface area contributed by atoms with E-state index in [0.717, 1.165) is 35.4 Å². The van der Waals surface area contributed by atoms with Crippen LogP contribution >= 0.6 is 0 Å². The van der Waals surface area contributed by atoms with Crippen LogP contribution in [0.1, 0.15) is 23.9 Å². The number of aryl methyl sites for hydroxylation is 2. The fraction of sp³-hybridized carbons (Fsp3) is 0.462. The minimum atomic E-state index is 0.503. The van der Waals surface area contributed by atoms with Gasteiger partial charge in [0.1, 0.15) is 5.82 Å². The highest BCUT2D eigenvalue weighted by molar-refractivity contribution is 5.61. The maximum absolute atomic E-state index is 5.58. The van der Waals surface area contributed by atoms with E-state index in [1.54, 1.807) is 4.68 Å². The van der Waals surface area contributed by atoms with Crippen LogP contribution in [0.4, 0.5) is 5.82 Å². The third kappa shape index (κ3) is 2.14. The first-order valence-electron chi connectivity index (χ1n) is 6.70. The van der Waals surface area contributed by atoms with Crippen molar-refractivity contribution in [3.63, 3.8) is 0 Å². The Morgan fingerprint density at radius 2 is 2.30 bits per heavy atom. The van der Waals surface area contributed by atoms with Crippen LogP contribution in [-0.4, -0.2) is 26.4 Å². The summed E-state index contributed by atoms with van der Waals surface area (Å²) in [6.45, 7) is 3.25. The Hall–Kier alpha value is -1.99. The average molecular weight is 274 g/mol. The first kappa shape index (κ1) is 13.0. The van der Waals surface area contributed by atoms with E-state index >= 15 is 0 Å². The normalized spacial score (nSPS) is 14.2. The number of hydrogen-bond acceptors (Lipinski definition) is 6. The molecule has 0 radical (unpaired) electrons. The SMILES string of the molecule is CCc1nn(C)cc1-c1nc2c(c(NN)n1)COCC2. The van der Waals surface area contributed by atoms with E-state index in [2.05, 4.69) is 27.4 Å². The molecule has 0 amide bonds. The summed E-state index contributed by atoms with van der Waals surface area (Å²) in [4.78, 5) is 9.19. The molecule has 0 spiro atoms. The summed E-state index contributed by atoms with van der Waals surface area (Å²) in [5, 5.41) is 4.43. The van der Waals surface area contributed by atoms with Crippen LogP contribution in [-0.2, 0) is 31.2 Å². The van der Waals surface area contributed by atoms with Gasteiger partial charge in [0.15, 0.2) is 5.82 Å². The lowest BCUT2D eigenvalue weighted by molar-refractivity contribution is 0.109. The largest absolute Gasteiger partial charge is 0.376 e. The van der Waals surface area contributed by atoms with Crippen LogP contribution in [0.2, 0.25) is 0 Å². The van der Waals surface area contributed by atoms with Gasteiger partial charge in [0.05, 0.1) is 30.2 Å². The maximum atomic E-state index is 5.58. The van der Waals surface area contributed by atoms with Crippen molar-refractivity contribution in [2.75, 3.05) is 12.0 Å². The number of aromatic nitrogens is 4. The van der Waals surface area contributed by atoms with Crippen molar-refractivity contribution in [3.8, 4) is 11.4 Å². The highest BCUT2D eigenvalue weighted by atomic mass is 16.5. The van der Waals surface area contributed by atoms with Gasteiger partial charge in [-0.3, -0.25) is 4.68 Å². The molecule has 0 aromatic carbocycles. The summed E-state index contributed by atoms with van der Waals surface area (Å²) < 4.78 is 7.23. The van der Waals surface area contributed by atoms with Crippen LogP contribution in [0, 0.1) is 0 Å². The second kappa shape index (κ2) is 5.18. The summed E-state index contributed by atoms with van der Waals surface area (Å²) in [6.07, 6.45) is 3.56. The van der Waals surface area contributed by atoms with Crippen LogP contribution in [0.15, 0.2) is 6.20 Å². The highest BCUT2D eigenvalue weighted by Crippen LogP contribution is 2.27. The fourth-order valence-corrected chi connectivity index (χ4v) is 2.45. The summed E-state index contributed by atoms with van der Waals surface area (Å²) in [7, 11) is 1.90. The molecule has 7 heteroatoms. The first-order chi connectivity index (χ1) is 9.72. The number of fused-ring (bicyclic) bond motifs is 1. The summed E-state index contributed by atoms with van der Waals surface area (Å²) in [6, 6.07) is 0. The van der Waals surface area contributed by atoms with Crippen molar-refractivity contribution in [3.05, 3.63) is 23.1 Å². The van der Waals surface area contributed by atoms with E-state index in [0.29, 0.717) is 24.9 Å². The van der Waals surface area contributed by atoms with Gasteiger partial charge in [0.2, 0.25) is 0 Å². The molecule has 20 heavy (non-hydrogen) atoms. The molecule has 2 aromatic heterocycles. The van der Waals surface area contributed by atoms with Gasteiger partial charge in [-0.25, -0.2) is 15.8 Å². The summed E-state index contributed by atoms with van der Waals surface area (Å²) >= 11 is 0. The summed E-state index contributed by atoms with van der Waals surface area (Å²) in [5.74, 6) is 6.88. The molecule has 0 saturated carbocycles. The van der Waals surface area contributed by atoms with Gasteiger partial charge >= 0.3 is 0 Å². The van der Waals surface area contributed by atoms with Crippen molar-refractivity contribution >= 4 is 5.82 Å². The molecule has 0 fully saturated rings. The zero-order valence-electron chi connectivity index (χ0n) is 11.7. The predicted octanol–water partition coefficient (Wildman–Crippen LogP) is 0.798. The minimum absolute atomic E-state index is 0.503. The molecule has 0 saturated heterocycles. The molecule has 0 unspecified atom stereocenters. The Kier molecular flexibility index (Phi) is 3.37. The number of nitrogen functional groups attached to an aromatic ring is 1. The van der Waals surface area contributed by atoms with E-state index in [-0.39, 0.29) is 0 Å². The molecule has 106 valence electrons. The molecule has 1 aliphatic heterocycles. The Morgan fingerprint density at radius 1 is 1.45 bits per heavy atom. The second-order valence-corrected chi connectivity index (χ2v) is 4.78. The smallest absolute Gasteiger partial charge is 0.165 e. The Balaban J connectivity index is 2.14. The number of nitrogens with two attached hydrogens (primary N) is 1. The molecule has 3 rings (SSSR count). The average Bonchev–Trinajstić information content (AvgIpc) is 2.87. The first-order valence-corrected chi connectivity index (χ1v) is 6.70. The minimum Gasteiger partial charge on any atom is -0.376 e. The van der Waals surface area contributed by atoms with Gasteiger partial charge in [0.25, 0.3) is 0 Å². The van der Waals surface area contributed by atoms with Crippen LogP contribution in [0.3, 0.4) is 0 Å². The summed E-state index contributed by atoms with van der Waals surface area (Å²) in [5.41, 5.74) is 6.55. The van der Waals surface area contributed by atoms with Gasteiger partial charge in [0, 0.05) is 25.2 Å². The lowest BCUT2D eigenvalue weighted by Gasteiger charge is -2.19. The Morgan fingerprint density at radius 3 is 3.05 bits per heavy atom. The van der Waals surface area contributed by atoms with Gasteiger partial charge in [-0.15, -0.1) is 0 Å². The van der Waals surface area contributed by atoms with Crippen LogP contribution < -0.4 is 11.3 Å². The molecule has 3 heterocycles. The Bertz CT molecular complexity index is 619. The molecule has 1 aliphatic rings. The monoisotopic (exact) mass is 274 g/mol. The molecule has 3 N–H and O–H groups in total. The number of ether oxygens (including phenoxy) is 1. The fourth-order valence-electron chi connectivity index (χ4n) is 2.45. The standard InChI is InChI=1S/C13H18N6O/c1-3-10-8(6-19(2)18-10)12-15-11-4-5-20-7-9(11)13(16-12)17-14/h6H,3-5,7,14H2,1-2H3,(H,15,16,17). The number of hydrazine groups is 1. The molecular weight excluding hydrogens is 256 g/mol. The number of hydrogen-bond donors (Lipinski definition) is 2. The lowest BCUT2D eigenvalue weighted by Crippen LogP contribution is -2.19. The molecule has 7 nitrogen and oxygen atoms in total. The second-order valence-electron chi connectivity index (χ2n) is 4.78. The zero-order valence-corrected chi connectivity index (χ0v) is 11.7. The molecule has 0 bridgehead atoms. The van der Waals surface area contributed by atoms with E-state index in [9.17, 15) is 0 Å². The predicted molar refractivity (Wildman–Crippen MR) is 74.8 cm³/mol. The molecule has 2 aromatic rings. The van der Waals surface area contributed by atoms with E-state index in [1.165, 1.54) is 0 Å². The van der Waals surface area contributed by atoms with E-state index in [4.69, 9.17) is 10.6 Å². The van der Waals surface area contributed by atoms with Gasteiger partial charge in [-0.2, -0.15) is 5.10 Å². The maximum Gasteiger partial charge on any atom is 0.165 e. The number of rotatable bonds is 3. The number of nitrogens with one attached hydrogen (secondary N) is 1. The van der Waals surface area contributed by atoms with Crippen molar-refractivity contribution < 1.29 is 4.74 Å². The van der Waals surface area contributed by atoms with Crippen LogP contribution in [0.25, 0.3) is 11.4 Å². The van der Waals surface area contributed by atoms with E-state index < -0.39 is 0 Å². The van der Waals surface area contributed by atoms with Crippen molar-refractivity contribution in [2.24, 2.45) is 12.9 Å². The van der Waals surface area contributed by atoms with E-state index in [1.807, 2.05) is 13.2 Å². The van der Waals surface area contributed by atoms with Crippen molar-refractivity contribution in [1.82, 2.24) is 19.7 Å². The quantitative estimate of drug-likeness (QED) is 0.635. The molecular formula is C13H18N6O. The van der Waals surface area contributed by atoms with Gasteiger partial charge in [-0.1, -0.05) is 6.92 Å². The van der Waals surface area contributed by atoms with Crippen molar-refractivity contribution in [2.45, 2.75) is 26.4 Å². The van der Waals surface area contributed by atoms with Crippen LogP contribution in [0.5, 0.6) is 0 Å².